The van der Waals surface area contributed by atoms with E-state index in [4.69, 9.17) is 5.73 Å². The van der Waals surface area contributed by atoms with Gasteiger partial charge < -0.3 is 16.4 Å². The number of nitrogens with one attached hydrogen (secondary N) is 2. The van der Waals surface area contributed by atoms with Gasteiger partial charge in [0.2, 0.25) is 11.8 Å². The summed E-state index contributed by atoms with van der Waals surface area (Å²) in [5.41, 5.74) is 8.46. The van der Waals surface area contributed by atoms with Gasteiger partial charge in [-0.05, 0) is 36.1 Å². The molecule has 0 aromatic heterocycles. The molecule has 1 unspecified atom stereocenters. The largest absolute Gasteiger partial charge is 0.350 e. The molecule has 0 radical (unpaired) electrons. The minimum Gasteiger partial charge on any atom is -0.350 e. The minimum absolute atomic E-state index is 0.0924. The molecule has 3 rings (SSSR count). The van der Waals surface area contributed by atoms with Crippen LogP contribution in [0.2, 0.25) is 0 Å². The third-order valence-corrected chi connectivity index (χ3v) is 4.83. The molecule has 1 saturated carbocycles. The first-order valence-corrected chi connectivity index (χ1v) is 9.11. The highest BCUT2D eigenvalue weighted by Gasteiger charge is 2.22. The average molecular weight is 351 g/mol. The van der Waals surface area contributed by atoms with Gasteiger partial charge in [-0.1, -0.05) is 55.3 Å². The fourth-order valence-corrected chi connectivity index (χ4v) is 3.30. The molecule has 2 amide bonds. The van der Waals surface area contributed by atoms with Crippen molar-refractivity contribution in [1.29, 1.82) is 0 Å². The molecule has 1 aliphatic carbocycles. The van der Waals surface area contributed by atoms with E-state index in [2.05, 4.69) is 10.6 Å². The average Bonchev–Trinajstić information content (AvgIpc) is 3.21. The number of benzene rings is 2. The summed E-state index contributed by atoms with van der Waals surface area (Å²) < 4.78 is 0. The summed E-state index contributed by atoms with van der Waals surface area (Å²) in [6.45, 7) is 0.368. The maximum absolute atomic E-state index is 12.2. The van der Waals surface area contributed by atoms with Gasteiger partial charge in [0.1, 0.15) is 6.04 Å². The van der Waals surface area contributed by atoms with Crippen LogP contribution in [0, 0.1) is 5.92 Å². The molecule has 5 nitrogen and oxygen atoms in total. The van der Waals surface area contributed by atoms with E-state index < -0.39 is 6.04 Å². The number of carbonyl (C=O) groups is 2. The van der Waals surface area contributed by atoms with Crippen molar-refractivity contribution < 1.29 is 9.59 Å². The van der Waals surface area contributed by atoms with Crippen molar-refractivity contribution >= 4 is 17.5 Å². The summed E-state index contributed by atoms with van der Waals surface area (Å²) in [7, 11) is 0. The number of carbonyl (C=O) groups excluding carboxylic acids is 2. The van der Waals surface area contributed by atoms with Gasteiger partial charge in [-0.25, -0.2) is 0 Å². The lowest BCUT2D eigenvalue weighted by molar-refractivity contribution is -0.122. The molecule has 26 heavy (non-hydrogen) atoms. The van der Waals surface area contributed by atoms with Gasteiger partial charge in [0.05, 0.1) is 0 Å². The van der Waals surface area contributed by atoms with Gasteiger partial charge in [-0.3, -0.25) is 9.59 Å². The topological polar surface area (TPSA) is 84.2 Å². The second-order valence-corrected chi connectivity index (χ2v) is 6.78. The van der Waals surface area contributed by atoms with Crippen LogP contribution in [0.4, 0.5) is 5.69 Å². The molecule has 5 heteroatoms. The van der Waals surface area contributed by atoms with E-state index in [1.807, 2.05) is 54.6 Å². The molecule has 4 N–H and O–H groups in total. The molecular formula is C21H25N3O2. The summed E-state index contributed by atoms with van der Waals surface area (Å²) in [6.07, 6.45) is 4.20. The molecule has 136 valence electrons. The first-order chi connectivity index (χ1) is 12.6. The van der Waals surface area contributed by atoms with Crippen LogP contribution in [0.25, 0.3) is 0 Å². The molecule has 0 heterocycles. The highest BCUT2D eigenvalue weighted by molar-refractivity contribution is 5.92. The van der Waals surface area contributed by atoms with Crippen LogP contribution < -0.4 is 16.4 Å². The highest BCUT2D eigenvalue weighted by Crippen LogP contribution is 2.26. The van der Waals surface area contributed by atoms with Crippen LogP contribution in [-0.4, -0.2) is 11.8 Å². The molecular weight excluding hydrogens is 326 g/mol. The maximum Gasteiger partial charge on any atom is 0.241 e. The first kappa shape index (κ1) is 18.1. The van der Waals surface area contributed by atoms with Crippen LogP contribution in [0.5, 0.6) is 0 Å². The molecule has 0 saturated heterocycles. The van der Waals surface area contributed by atoms with Crippen molar-refractivity contribution in [3.63, 3.8) is 0 Å². The number of anilines is 1. The smallest absolute Gasteiger partial charge is 0.241 e. The Labute approximate surface area is 154 Å². The molecule has 0 spiro atoms. The summed E-state index contributed by atoms with van der Waals surface area (Å²) in [6, 6.07) is 16.1. The highest BCUT2D eigenvalue weighted by atomic mass is 16.2. The summed E-state index contributed by atoms with van der Waals surface area (Å²) in [5, 5.41) is 5.84. The Hall–Kier alpha value is -2.66. The van der Waals surface area contributed by atoms with Crippen LogP contribution in [0.1, 0.15) is 42.9 Å². The first-order valence-electron chi connectivity index (χ1n) is 9.11. The van der Waals surface area contributed by atoms with Gasteiger partial charge >= 0.3 is 0 Å². The minimum atomic E-state index is -0.693. The van der Waals surface area contributed by atoms with Gasteiger partial charge in [-0.2, -0.15) is 0 Å². The van der Waals surface area contributed by atoms with E-state index in [1.165, 1.54) is 0 Å². The van der Waals surface area contributed by atoms with Crippen molar-refractivity contribution in [2.24, 2.45) is 11.7 Å². The number of rotatable bonds is 6. The predicted octanol–water partition coefficient (Wildman–Crippen LogP) is 3.13. The SMILES string of the molecule is NC(C(=O)NCc1cccc(NC(=O)C2CCCC2)c1)c1ccccc1. The Morgan fingerprint density at radius 3 is 2.50 bits per heavy atom. The molecule has 0 bridgehead atoms. The summed E-state index contributed by atoms with van der Waals surface area (Å²) >= 11 is 0. The predicted molar refractivity (Wildman–Crippen MR) is 102 cm³/mol. The fourth-order valence-electron chi connectivity index (χ4n) is 3.30. The summed E-state index contributed by atoms with van der Waals surface area (Å²) in [4.78, 5) is 24.5. The van der Waals surface area contributed by atoms with E-state index in [9.17, 15) is 9.59 Å². The van der Waals surface area contributed by atoms with E-state index in [1.54, 1.807) is 0 Å². The Balaban J connectivity index is 1.55. The molecule has 2 aromatic carbocycles. The third-order valence-electron chi connectivity index (χ3n) is 4.83. The van der Waals surface area contributed by atoms with E-state index in [0.29, 0.717) is 6.54 Å². The van der Waals surface area contributed by atoms with Gasteiger partial charge in [0, 0.05) is 18.2 Å². The summed E-state index contributed by atoms with van der Waals surface area (Å²) in [5.74, 6) is -0.00592. The van der Waals surface area contributed by atoms with Crippen LogP contribution in [0.3, 0.4) is 0 Å². The van der Waals surface area contributed by atoms with Crippen LogP contribution in [-0.2, 0) is 16.1 Å². The second kappa shape index (κ2) is 8.63. The second-order valence-electron chi connectivity index (χ2n) is 6.78. The van der Waals surface area contributed by atoms with Crippen molar-refractivity contribution in [2.75, 3.05) is 5.32 Å². The Bertz CT molecular complexity index is 755. The third kappa shape index (κ3) is 4.70. The quantitative estimate of drug-likeness (QED) is 0.747. The number of amides is 2. The standard InChI is InChI=1S/C21H25N3O2/c22-19(16-8-2-1-3-9-16)21(26)23-14-15-7-6-12-18(13-15)24-20(25)17-10-4-5-11-17/h1-3,6-9,12-13,17,19H,4-5,10-11,14,22H2,(H,23,26)(H,24,25). The molecule has 0 aliphatic heterocycles. The van der Waals surface area contributed by atoms with Gasteiger partial charge in [0.15, 0.2) is 0 Å². The number of hydrogen-bond donors (Lipinski definition) is 3. The Morgan fingerprint density at radius 1 is 1.04 bits per heavy atom. The lowest BCUT2D eigenvalue weighted by atomic mass is 10.1. The van der Waals surface area contributed by atoms with Crippen molar-refractivity contribution in [1.82, 2.24) is 5.32 Å². The Morgan fingerprint density at radius 2 is 1.77 bits per heavy atom. The Kier molecular flexibility index (Phi) is 6.02. The normalized spacial score (nSPS) is 15.4. The lowest BCUT2D eigenvalue weighted by Crippen LogP contribution is -2.33. The molecule has 1 aliphatic rings. The van der Waals surface area contributed by atoms with Gasteiger partial charge in [0.25, 0.3) is 0 Å². The van der Waals surface area contributed by atoms with Crippen LogP contribution in [0.15, 0.2) is 54.6 Å². The van der Waals surface area contributed by atoms with E-state index >= 15 is 0 Å². The zero-order valence-electron chi connectivity index (χ0n) is 14.8. The van der Waals surface area contributed by atoms with Crippen molar-refractivity contribution in [3.05, 3.63) is 65.7 Å². The van der Waals surface area contributed by atoms with Crippen LogP contribution >= 0.6 is 0 Å². The molecule has 1 fully saturated rings. The molecule has 1 atom stereocenters. The maximum atomic E-state index is 12.2. The number of hydrogen-bond acceptors (Lipinski definition) is 3. The fraction of sp³-hybridized carbons (Fsp3) is 0.333. The lowest BCUT2D eigenvalue weighted by Gasteiger charge is -2.14. The zero-order valence-corrected chi connectivity index (χ0v) is 14.8. The van der Waals surface area contributed by atoms with E-state index in [0.717, 1.165) is 42.5 Å². The molecule has 2 aromatic rings. The van der Waals surface area contributed by atoms with Crippen molar-refractivity contribution in [3.8, 4) is 0 Å². The van der Waals surface area contributed by atoms with Crippen molar-refractivity contribution in [2.45, 2.75) is 38.3 Å². The van der Waals surface area contributed by atoms with Gasteiger partial charge in [-0.15, -0.1) is 0 Å². The van der Waals surface area contributed by atoms with E-state index in [-0.39, 0.29) is 17.7 Å². The zero-order chi connectivity index (χ0) is 18.4. The number of nitrogens with two attached hydrogens (primary N) is 1. The monoisotopic (exact) mass is 351 g/mol.